The molecule has 0 aliphatic rings. The molecule has 21 heavy (non-hydrogen) atoms. The second kappa shape index (κ2) is 9.68. The van der Waals surface area contributed by atoms with Crippen LogP contribution in [0.3, 0.4) is 0 Å². The molecule has 0 heterocycles. The van der Waals surface area contributed by atoms with E-state index in [4.69, 9.17) is 5.11 Å². The summed E-state index contributed by atoms with van der Waals surface area (Å²) in [5, 5.41) is 11.2. The molecule has 1 unspecified atom stereocenters. The molecule has 0 spiro atoms. The predicted octanol–water partition coefficient (Wildman–Crippen LogP) is 2.49. The Morgan fingerprint density at radius 3 is 2.62 bits per heavy atom. The summed E-state index contributed by atoms with van der Waals surface area (Å²) in [5.41, 5.74) is 0. The number of amides is 1. The van der Waals surface area contributed by atoms with E-state index < -0.39 is 5.97 Å². The normalized spacial score (nSPS) is 11.9. The number of nitrogens with one attached hydrogen (secondary N) is 1. The molecule has 116 valence electrons. The summed E-state index contributed by atoms with van der Waals surface area (Å²) in [6, 6.07) is 6.17. The highest BCUT2D eigenvalue weighted by atomic mass is 32.2. The van der Waals surface area contributed by atoms with Crippen molar-refractivity contribution in [3.63, 3.8) is 0 Å². The van der Waals surface area contributed by atoms with Crippen molar-refractivity contribution in [2.24, 2.45) is 5.92 Å². The van der Waals surface area contributed by atoms with Crippen LogP contribution in [0.5, 0.6) is 0 Å². The molecule has 1 aromatic carbocycles. The molecule has 0 aliphatic carbocycles. The summed E-state index contributed by atoms with van der Waals surface area (Å²) in [4.78, 5) is 23.0. The number of hydrogen-bond acceptors (Lipinski definition) is 4. The number of benzene rings is 1. The van der Waals surface area contributed by atoms with Crippen LogP contribution in [0.2, 0.25) is 0 Å². The van der Waals surface area contributed by atoms with E-state index in [9.17, 15) is 14.0 Å². The average Bonchev–Trinajstić information content (AvgIpc) is 2.45. The van der Waals surface area contributed by atoms with Gasteiger partial charge in [-0.1, -0.05) is 6.92 Å². The van der Waals surface area contributed by atoms with Gasteiger partial charge in [0.25, 0.3) is 0 Å². The van der Waals surface area contributed by atoms with Crippen LogP contribution in [0, 0.1) is 11.7 Å². The Balaban J connectivity index is 2.18. The molecule has 7 heteroatoms. The molecule has 0 saturated heterocycles. The molecule has 0 saturated carbocycles. The van der Waals surface area contributed by atoms with E-state index in [2.05, 4.69) is 5.32 Å². The van der Waals surface area contributed by atoms with Crippen molar-refractivity contribution in [3.8, 4) is 0 Å². The van der Waals surface area contributed by atoms with Crippen molar-refractivity contribution >= 4 is 35.4 Å². The molecular weight excluding hydrogens is 313 g/mol. The highest BCUT2D eigenvalue weighted by Crippen LogP contribution is 2.20. The Bertz CT molecular complexity index is 468. The predicted molar refractivity (Wildman–Crippen MR) is 84.3 cm³/mol. The summed E-state index contributed by atoms with van der Waals surface area (Å²) < 4.78 is 12.8. The van der Waals surface area contributed by atoms with E-state index >= 15 is 0 Å². The summed E-state index contributed by atoms with van der Waals surface area (Å²) in [6.45, 7) is 2.29. The molecule has 1 aromatic rings. The fourth-order valence-corrected chi connectivity index (χ4v) is 2.90. The third-order valence-corrected chi connectivity index (χ3v) is 4.75. The van der Waals surface area contributed by atoms with Crippen molar-refractivity contribution in [1.82, 2.24) is 5.32 Å². The Morgan fingerprint density at radius 2 is 2.00 bits per heavy atom. The second-order valence-corrected chi connectivity index (χ2v) is 6.60. The fourth-order valence-electron chi connectivity index (χ4n) is 1.41. The first kappa shape index (κ1) is 17.8. The lowest BCUT2D eigenvalue weighted by atomic mass is 10.2. The average molecular weight is 331 g/mol. The van der Waals surface area contributed by atoms with Crippen LogP contribution >= 0.6 is 23.5 Å². The van der Waals surface area contributed by atoms with Gasteiger partial charge in [-0.15, -0.1) is 23.5 Å². The molecule has 0 aromatic heterocycles. The molecule has 0 aliphatic heterocycles. The lowest BCUT2D eigenvalue weighted by molar-refractivity contribution is -0.133. The zero-order valence-corrected chi connectivity index (χ0v) is 13.3. The smallest absolute Gasteiger partial charge is 0.313 e. The van der Waals surface area contributed by atoms with Crippen molar-refractivity contribution in [3.05, 3.63) is 30.1 Å². The third-order valence-electron chi connectivity index (χ3n) is 2.53. The quantitative estimate of drug-likeness (QED) is 0.537. The van der Waals surface area contributed by atoms with Crippen molar-refractivity contribution in [2.45, 2.75) is 11.8 Å². The highest BCUT2D eigenvalue weighted by Gasteiger charge is 2.12. The third kappa shape index (κ3) is 7.96. The van der Waals surface area contributed by atoms with Gasteiger partial charge in [0.05, 0.1) is 5.75 Å². The van der Waals surface area contributed by atoms with Crippen LogP contribution in [0.4, 0.5) is 4.39 Å². The summed E-state index contributed by atoms with van der Waals surface area (Å²) >= 11 is 2.77. The molecule has 4 nitrogen and oxygen atoms in total. The van der Waals surface area contributed by atoms with Gasteiger partial charge >= 0.3 is 5.97 Å². The van der Waals surface area contributed by atoms with Crippen LogP contribution in [0.1, 0.15) is 6.92 Å². The lowest BCUT2D eigenvalue weighted by Crippen LogP contribution is -2.32. The highest BCUT2D eigenvalue weighted by molar-refractivity contribution is 8.00. The molecular formula is C14H18FNO3S2. The standard InChI is InChI=1S/C14H18FNO3S2/c1-10(8-21-12-4-2-11(15)3-5-12)14(19)16-6-7-20-9-13(17)18/h2-5,10H,6-9H2,1H3,(H,16,19)(H,17,18). The molecule has 1 atom stereocenters. The minimum atomic E-state index is -0.851. The maximum absolute atomic E-state index is 12.8. The molecule has 1 amide bonds. The topological polar surface area (TPSA) is 66.4 Å². The van der Waals surface area contributed by atoms with E-state index in [-0.39, 0.29) is 23.4 Å². The number of halogens is 1. The molecule has 0 bridgehead atoms. The van der Waals surface area contributed by atoms with E-state index in [0.29, 0.717) is 18.1 Å². The van der Waals surface area contributed by atoms with E-state index in [1.165, 1.54) is 35.7 Å². The fraction of sp³-hybridized carbons (Fsp3) is 0.429. The summed E-state index contributed by atoms with van der Waals surface area (Å²) in [5.74, 6) is -0.106. The van der Waals surface area contributed by atoms with E-state index in [1.807, 2.05) is 6.92 Å². The SMILES string of the molecule is CC(CSc1ccc(F)cc1)C(=O)NCCSCC(=O)O. The van der Waals surface area contributed by atoms with Crippen LogP contribution in [0.25, 0.3) is 0 Å². The van der Waals surface area contributed by atoms with Gasteiger partial charge in [0.15, 0.2) is 0 Å². The minimum Gasteiger partial charge on any atom is -0.481 e. The first-order chi connectivity index (χ1) is 9.99. The number of carboxylic acids is 1. The number of carbonyl (C=O) groups excluding carboxylic acids is 1. The Labute approximate surface area is 131 Å². The minimum absolute atomic E-state index is 0.0475. The number of aliphatic carboxylic acids is 1. The number of thioether (sulfide) groups is 2. The van der Waals surface area contributed by atoms with E-state index in [0.717, 1.165) is 4.90 Å². The Morgan fingerprint density at radius 1 is 1.33 bits per heavy atom. The van der Waals surface area contributed by atoms with Gasteiger partial charge in [-0.2, -0.15) is 0 Å². The van der Waals surface area contributed by atoms with Crippen molar-refractivity contribution in [2.75, 3.05) is 23.8 Å². The van der Waals surface area contributed by atoms with Gasteiger partial charge in [-0.25, -0.2) is 4.39 Å². The first-order valence-electron chi connectivity index (χ1n) is 6.44. The summed E-state index contributed by atoms with van der Waals surface area (Å²) in [6.07, 6.45) is 0. The Hall–Kier alpha value is -1.21. The first-order valence-corrected chi connectivity index (χ1v) is 8.58. The molecule has 1 rings (SSSR count). The summed E-state index contributed by atoms with van der Waals surface area (Å²) in [7, 11) is 0. The van der Waals surface area contributed by atoms with Gasteiger partial charge in [-0.3, -0.25) is 9.59 Å². The zero-order valence-electron chi connectivity index (χ0n) is 11.7. The van der Waals surface area contributed by atoms with Gasteiger partial charge in [-0.05, 0) is 24.3 Å². The number of rotatable bonds is 9. The van der Waals surface area contributed by atoms with Gasteiger partial charge in [0.2, 0.25) is 5.91 Å². The van der Waals surface area contributed by atoms with Crippen LogP contribution in [-0.2, 0) is 9.59 Å². The van der Waals surface area contributed by atoms with Gasteiger partial charge in [0, 0.05) is 28.9 Å². The maximum atomic E-state index is 12.8. The van der Waals surface area contributed by atoms with Crippen molar-refractivity contribution in [1.29, 1.82) is 0 Å². The zero-order chi connectivity index (χ0) is 15.7. The number of hydrogen-bond donors (Lipinski definition) is 2. The van der Waals surface area contributed by atoms with Crippen LogP contribution < -0.4 is 5.32 Å². The molecule has 0 radical (unpaired) electrons. The van der Waals surface area contributed by atoms with E-state index in [1.54, 1.807) is 12.1 Å². The van der Waals surface area contributed by atoms with Gasteiger partial charge in [0.1, 0.15) is 5.82 Å². The monoisotopic (exact) mass is 331 g/mol. The van der Waals surface area contributed by atoms with Crippen molar-refractivity contribution < 1.29 is 19.1 Å². The van der Waals surface area contributed by atoms with Crippen LogP contribution in [0.15, 0.2) is 29.2 Å². The largest absolute Gasteiger partial charge is 0.481 e. The number of carbonyl (C=O) groups is 2. The second-order valence-electron chi connectivity index (χ2n) is 4.40. The molecule has 0 fully saturated rings. The number of carboxylic acid groups (broad SMARTS) is 1. The molecule has 2 N–H and O–H groups in total. The maximum Gasteiger partial charge on any atom is 0.313 e. The lowest BCUT2D eigenvalue weighted by Gasteiger charge is -2.11. The van der Waals surface area contributed by atoms with Crippen LogP contribution in [-0.4, -0.2) is 40.8 Å². The Kier molecular flexibility index (Phi) is 8.22. The van der Waals surface area contributed by atoms with Gasteiger partial charge < -0.3 is 10.4 Å².